The number of carbonyl (C=O) groups is 1. The maximum atomic E-state index is 12.8. The Morgan fingerprint density at radius 3 is 2.89 bits per heavy atom. The molecule has 0 saturated carbocycles. The van der Waals surface area contributed by atoms with Crippen LogP contribution in [0.25, 0.3) is 10.9 Å². The van der Waals surface area contributed by atoms with E-state index in [2.05, 4.69) is 29.3 Å². The largest absolute Gasteiger partial charge is 0.381 e. The summed E-state index contributed by atoms with van der Waals surface area (Å²) in [6.07, 6.45) is 4.27. The number of nitrogens with zero attached hydrogens (tertiary/aromatic N) is 3. The smallest absolute Gasteiger partial charge is 0.224 e. The molecular formula is C21H30N4O2. The Balaban J connectivity index is 1.38. The lowest BCUT2D eigenvalue weighted by molar-refractivity contribution is -0.127. The molecule has 0 spiro atoms. The van der Waals surface area contributed by atoms with Crippen molar-refractivity contribution in [3.8, 4) is 0 Å². The Hall–Kier alpha value is -1.92. The van der Waals surface area contributed by atoms with E-state index in [0.29, 0.717) is 12.6 Å². The molecule has 1 aromatic heterocycles. The van der Waals surface area contributed by atoms with E-state index >= 15 is 0 Å². The van der Waals surface area contributed by atoms with Gasteiger partial charge < -0.3 is 10.1 Å². The molecule has 1 atom stereocenters. The summed E-state index contributed by atoms with van der Waals surface area (Å²) < 4.78 is 7.49. The predicted molar refractivity (Wildman–Crippen MR) is 105 cm³/mol. The van der Waals surface area contributed by atoms with Crippen molar-refractivity contribution in [3.05, 3.63) is 30.0 Å². The van der Waals surface area contributed by atoms with Crippen LogP contribution in [0.2, 0.25) is 0 Å². The van der Waals surface area contributed by atoms with Crippen molar-refractivity contribution in [2.24, 2.45) is 5.92 Å². The van der Waals surface area contributed by atoms with Gasteiger partial charge in [0.2, 0.25) is 5.91 Å². The summed E-state index contributed by atoms with van der Waals surface area (Å²) >= 11 is 0. The van der Waals surface area contributed by atoms with Crippen molar-refractivity contribution >= 4 is 16.8 Å². The molecule has 27 heavy (non-hydrogen) atoms. The van der Waals surface area contributed by atoms with Crippen molar-refractivity contribution < 1.29 is 9.53 Å². The number of likely N-dealkylation sites (tertiary alicyclic amines) is 1. The number of amides is 1. The third kappa shape index (κ3) is 4.01. The molecule has 0 bridgehead atoms. The van der Waals surface area contributed by atoms with E-state index in [9.17, 15) is 4.79 Å². The van der Waals surface area contributed by atoms with Gasteiger partial charge in [-0.25, -0.2) is 0 Å². The molecule has 0 radical (unpaired) electrons. The van der Waals surface area contributed by atoms with Crippen molar-refractivity contribution in [2.45, 2.75) is 51.7 Å². The van der Waals surface area contributed by atoms with Crippen LogP contribution in [-0.4, -0.2) is 52.9 Å². The normalized spacial score (nSPS) is 22.2. The van der Waals surface area contributed by atoms with Crippen molar-refractivity contribution in [1.29, 1.82) is 0 Å². The van der Waals surface area contributed by atoms with Crippen LogP contribution in [0, 0.1) is 5.92 Å². The number of nitrogens with one attached hydrogen (secondary N) is 1. The number of hydrogen-bond acceptors (Lipinski definition) is 4. The molecule has 6 heteroatoms. The van der Waals surface area contributed by atoms with Gasteiger partial charge in [0.05, 0.1) is 23.7 Å². The van der Waals surface area contributed by atoms with E-state index in [1.54, 1.807) is 0 Å². The summed E-state index contributed by atoms with van der Waals surface area (Å²) in [6.45, 7) is 7.11. The molecule has 2 fully saturated rings. The standard InChI is InChI=1S/C21H30N4O2/c1-2-25-20-8-4-3-7-18(20)19(23-25)14-22-21(26)16-6-5-11-24(15-16)17-9-12-27-13-10-17/h3-4,7-8,16-17H,2,5-6,9-15H2,1H3,(H,22,26)/t16-/m1/s1. The lowest BCUT2D eigenvalue weighted by atomic mass is 9.94. The van der Waals surface area contributed by atoms with E-state index in [1.165, 1.54) is 0 Å². The molecule has 6 nitrogen and oxygen atoms in total. The molecule has 0 aliphatic carbocycles. The summed E-state index contributed by atoms with van der Waals surface area (Å²) in [5, 5.41) is 8.98. The molecule has 2 aliphatic heterocycles. The topological polar surface area (TPSA) is 59.4 Å². The number of aromatic nitrogens is 2. The highest BCUT2D eigenvalue weighted by molar-refractivity contribution is 5.83. The zero-order chi connectivity index (χ0) is 18.6. The summed E-state index contributed by atoms with van der Waals surface area (Å²) in [6, 6.07) is 8.82. The first-order valence-corrected chi connectivity index (χ1v) is 10.3. The lowest BCUT2D eigenvalue weighted by Gasteiger charge is -2.39. The molecule has 2 aromatic rings. The van der Waals surface area contributed by atoms with E-state index in [0.717, 1.165) is 75.1 Å². The molecular weight excluding hydrogens is 340 g/mol. The minimum Gasteiger partial charge on any atom is -0.381 e. The zero-order valence-electron chi connectivity index (χ0n) is 16.2. The summed E-state index contributed by atoms with van der Waals surface area (Å²) in [5.74, 6) is 0.253. The molecule has 146 valence electrons. The van der Waals surface area contributed by atoms with Crippen molar-refractivity contribution in [3.63, 3.8) is 0 Å². The van der Waals surface area contributed by atoms with E-state index in [1.807, 2.05) is 16.8 Å². The summed E-state index contributed by atoms with van der Waals surface area (Å²) in [7, 11) is 0. The van der Waals surface area contributed by atoms with Gasteiger partial charge in [-0.1, -0.05) is 18.2 Å². The molecule has 3 heterocycles. The van der Waals surface area contributed by atoms with Gasteiger partial charge in [0.1, 0.15) is 0 Å². The maximum absolute atomic E-state index is 12.8. The van der Waals surface area contributed by atoms with Gasteiger partial charge in [-0.05, 0) is 45.2 Å². The number of carbonyl (C=O) groups excluding carboxylic acids is 1. The molecule has 1 N–H and O–H groups in total. The second kappa shape index (κ2) is 8.40. The Morgan fingerprint density at radius 1 is 1.26 bits per heavy atom. The van der Waals surface area contributed by atoms with Crippen LogP contribution < -0.4 is 5.32 Å². The van der Waals surface area contributed by atoms with E-state index < -0.39 is 0 Å². The number of fused-ring (bicyclic) bond motifs is 1. The fourth-order valence-corrected chi connectivity index (χ4v) is 4.49. The lowest BCUT2D eigenvalue weighted by Crippen LogP contribution is -2.48. The maximum Gasteiger partial charge on any atom is 0.224 e. The quantitative estimate of drug-likeness (QED) is 0.879. The fraction of sp³-hybridized carbons (Fsp3) is 0.619. The molecule has 2 saturated heterocycles. The van der Waals surface area contributed by atoms with Crippen LogP contribution in [0.3, 0.4) is 0 Å². The minimum absolute atomic E-state index is 0.0844. The zero-order valence-corrected chi connectivity index (χ0v) is 16.2. The number of benzene rings is 1. The van der Waals surface area contributed by atoms with Gasteiger partial charge >= 0.3 is 0 Å². The highest BCUT2D eigenvalue weighted by atomic mass is 16.5. The van der Waals surface area contributed by atoms with Gasteiger partial charge in [-0.3, -0.25) is 14.4 Å². The molecule has 1 aromatic carbocycles. The van der Waals surface area contributed by atoms with Crippen LogP contribution in [0.1, 0.15) is 38.3 Å². The summed E-state index contributed by atoms with van der Waals surface area (Å²) in [5.41, 5.74) is 2.09. The first-order chi connectivity index (χ1) is 13.3. The van der Waals surface area contributed by atoms with Crippen LogP contribution in [0.4, 0.5) is 0 Å². The van der Waals surface area contributed by atoms with Crippen LogP contribution in [0.15, 0.2) is 24.3 Å². The van der Waals surface area contributed by atoms with E-state index in [4.69, 9.17) is 9.84 Å². The highest BCUT2D eigenvalue weighted by Gasteiger charge is 2.30. The number of para-hydroxylation sites is 1. The Kier molecular flexibility index (Phi) is 5.74. The Bertz CT molecular complexity index is 782. The molecule has 0 unspecified atom stereocenters. The molecule has 1 amide bonds. The Labute approximate surface area is 160 Å². The van der Waals surface area contributed by atoms with Gasteiger partial charge in [-0.15, -0.1) is 0 Å². The average Bonchev–Trinajstić information content (AvgIpc) is 3.11. The second-order valence-electron chi connectivity index (χ2n) is 7.68. The first kappa shape index (κ1) is 18.4. The monoisotopic (exact) mass is 370 g/mol. The number of ether oxygens (including phenoxy) is 1. The third-order valence-corrected chi connectivity index (χ3v) is 5.99. The van der Waals surface area contributed by atoms with Gasteiger partial charge in [-0.2, -0.15) is 5.10 Å². The van der Waals surface area contributed by atoms with Crippen LogP contribution in [0.5, 0.6) is 0 Å². The average molecular weight is 370 g/mol. The molecule has 2 aliphatic rings. The SMILES string of the molecule is CCn1nc(CNC(=O)[C@@H]2CCCN(C3CCOCC3)C2)c2ccccc21. The first-order valence-electron chi connectivity index (χ1n) is 10.3. The fourth-order valence-electron chi connectivity index (χ4n) is 4.49. The third-order valence-electron chi connectivity index (χ3n) is 5.99. The van der Waals surface area contributed by atoms with Crippen LogP contribution >= 0.6 is 0 Å². The number of aryl methyl sites for hydroxylation is 1. The van der Waals surface area contributed by atoms with Gasteiger partial charge in [0.15, 0.2) is 0 Å². The summed E-state index contributed by atoms with van der Waals surface area (Å²) in [4.78, 5) is 15.3. The highest BCUT2D eigenvalue weighted by Crippen LogP contribution is 2.24. The van der Waals surface area contributed by atoms with Crippen LogP contribution in [-0.2, 0) is 22.6 Å². The molecule has 4 rings (SSSR count). The van der Waals surface area contributed by atoms with E-state index in [-0.39, 0.29) is 11.8 Å². The predicted octanol–water partition coefficient (Wildman–Crippen LogP) is 2.56. The Morgan fingerprint density at radius 2 is 2.07 bits per heavy atom. The second-order valence-corrected chi connectivity index (χ2v) is 7.68. The van der Waals surface area contributed by atoms with Gasteiger partial charge in [0.25, 0.3) is 0 Å². The minimum atomic E-state index is 0.0844. The van der Waals surface area contributed by atoms with Crippen molar-refractivity contribution in [1.82, 2.24) is 20.0 Å². The number of hydrogen-bond donors (Lipinski definition) is 1. The number of piperidine rings is 1. The number of rotatable bonds is 5. The van der Waals surface area contributed by atoms with Gasteiger partial charge in [0, 0.05) is 37.7 Å². The van der Waals surface area contributed by atoms with Crippen molar-refractivity contribution in [2.75, 3.05) is 26.3 Å².